The van der Waals surface area contributed by atoms with Crippen LogP contribution in [0, 0.1) is 47.3 Å². The van der Waals surface area contributed by atoms with E-state index in [-0.39, 0.29) is 83.0 Å². The van der Waals surface area contributed by atoms with Crippen LogP contribution in [0.2, 0.25) is 0 Å². The third kappa shape index (κ3) is 6.24. The predicted molar refractivity (Wildman–Crippen MR) is 171 cm³/mol. The van der Waals surface area contributed by atoms with Crippen molar-refractivity contribution in [3.8, 4) is 0 Å². The molecule has 17 unspecified atom stereocenters. The van der Waals surface area contributed by atoms with Crippen molar-refractivity contribution in [1.82, 2.24) is 42.5 Å². The normalized spacial score (nSPS) is 53.1. The van der Waals surface area contributed by atoms with Gasteiger partial charge in [0.2, 0.25) is 9.05 Å². The van der Waals surface area contributed by atoms with Crippen LogP contribution in [0.4, 0.5) is 0 Å². The topological polar surface area (TPSA) is 130 Å². The van der Waals surface area contributed by atoms with Crippen molar-refractivity contribution >= 4 is 19.7 Å². The molecule has 10 nitrogen and oxygen atoms in total. The maximum Gasteiger partial charge on any atom is 0.235 e. The van der Waals surface area contributed by atoms with Crippen LogP contribution in [0.3, 0.4) is 0 Å². The molecule has 5 aliphatic heterocycles. The Kier molecular flexibility index (Phi) is 10.9. The van der Waals surface area contributed by atoms with Crippen molar-refractivity contribution < 1.29 is 42.6 Å². The first-order valence-electron chi connectivity index (χ1n) is 18.4. The van der Waals surface area contributed by atoms with Gasteiger partial charge in [0.05, 0.1) is 54.6 Å². The summed E-state index contributed by atoms with van der Waals surface area (Å²) < 4.78 is 26.1. The summed E-state index contributed by atoms with van der Waals surface area (Å²) in [6, 6.07) is 0. The number of nitrogens with one attached hydrogen (secondary N) is 8. The molecule has 17 atom stereocenters. The first-order valence-corrected chi connectivity index (χ1v) is 20.8. The summed E-state index contributed by atoms with van der Waals surface area (Å²) in [5.74, 6) is 3.81. The summed E-state index contributed by atoms with van der Waals surface area (Å²) in [6.45, 7) is 0. The number of halogens is 1. The van der Waals surface area contributed by atoms with E-state index in [4.69, 9.17) is 10.7 Å². The molecule has 14 heteroatoms. The molecule has 4 aliphatic carbocycles. The molecule has 5 saturated heterocycles. The van der Waals surface area contributed by atoms with Gasteiger partial charge in [-0.25, -0.2) is 8.42 Å². The van der Waals surface area contributed by atoms with Crippen LogP contribution >= 0.6 is 10.7 Å². The number of hydrogen-bond acceptors (Lipinski definition) is 10. The van der Waals surface area contributed by atoms with Gasteiger partial charge in [-0.1, -0.05) is 44.9 Å². The van der Waals surface area contributed by atoms with E-state index in [2.05, 4.69) is 42.5 Å². The third-order valence-electron chi connectivity index (χ3n) is 14.2. The molecule has 46 heavy (non-hydrogen) atoms. The van der Waals surface area contributed by atoms with E-state index in [1.54, 1.807) is 0 Å². The Morgan fingerprint density at radius 2 is 0.630 bits per heavy atom. The Morgan fingerprint density at radius 1 is 0.370 bits per heavy atom. The molecule has 0 spiro atoms. The Labute approximate surface area is 301 Å². The molecule has 4 saturated carbocycles. The fraction of sp³-hybridized carbons (Fsp3) is 1.00. The summed E-state index contributed by atoms with van der Waals surface area (Å²) in [5, 5.41) is 32.2. The first kappa shape index (κ1) is 35.4. The maximum absolute atomic E-state index is 13.0. The fourth-order valence-electron chi connectivity index (χ4n) is 12.3. The summed E-state index contributed by atoms with van der Waals surface area (Å²) in [5.41, 5.74) is 0. The molecule has 2 radical (unpaired) electrons. The number of hydrogen-bond donors (Lipinski definition) is 8. The van der Waals surface area contributed by atoms with Gasteiger partial charge in [-0.2, -0.15) is 0 Å². The van der Waals surface area contributed by atoms with Gasteiger partial charge in [0.15, 0.2) is 0 Å². The fourth-order valence-corrected chi connectivity index (χ4v) is 14.1. The van der Waals surface area contributed by atoms with Crippen molar-refractivity contribution in [2.75, 3.05) is 0 Å². The van der Waals surface area contributed by atoms with Crippen LogP contribution in [0.5, 0.6) is 0 Å². The second kappa shape index (κ2) is 14.2. The van der Waals surface area contributed by atoms with Gasteiger partial charge in [0.1, 0.15) is 0 Å². The van der Waals surface area contributed by atoms with Gasteiger partial charge < -0.3 is 0 Å². The second-order valence-corrected chi connectivity index (χ2v) is 19.0. The van der Waals surface area contributed by atoms with Crippen molar-refractivity contribution in [2.45, 2.75) is 151 Å². The third-order valence-corrected chi connectivity index (χ3v) is 16.2. The molecule has 0 aromatic heterocycles. The molecule has 9 fully saturated rings. The van der Waals surface area contributed by atoms with Crippen molar-refractivity contribution in [3.05, 3.63) is 0 Å². The summed E-state index contributed by atoms with van der Waals surface area (Å²) >= 11 is 0. The largest absolute Gasteiger partial charge is 0.286 e. The SMILES string of the molecule is O=S(=O)(Cl)C1CCCC2C3NC4NC(NC5NC(NC6NC(NC(N3)C21)C1CCCCC61)C1CCCCC51)C1CCCCC41.[Cu].[Cu]. The number of fused-ring (bicyclic) bond motifs is 20. The molecular formula is C32H55ClCu2N8O2S. The quantitative estimate of drug-likeness (QED) is 0.148. The molecule has 0 aromatic rings. The Balaban J connectivity index is 0.00000169. The minimum Gasteiger partial charge on any atom is -0.286 e. The van der Waals surface area contributed by atoms with E-state index in [1.165, 1.54) is 77.0 Å². The van der Waals surface area contributed by atoms with Gasteiger partial charge in [-0.15, -0.1) is 0 Å². The molecule has 5 heterocycles. The van der Waals surface area contributed by atoms with Crippen molar-refractivity contribution in [3.63, 3.8) is 0 Å². The predicted octanol–water partition coefficient (Wildman–Crippen LogP) is 2.15. The Morgan fingerprint density at radius 3 is 0.935 bits per heavy atom. The van der Waals surface area contributed by atoms with E-state index in [1.807, 2.05) is 0 Å². The molecule has 8 N–H and O–H groups in total. The van der Waals surface area contributed by atoms with Crippen molar-refractivity contribution in [2.24, 2.45) is 47.3 Å². The minimum atomic E-state index is -3.68. The van der Waals surface area contributed by atoms with Gasteiger partial charge in [-0.05, 0) is 92.8 Å². The summed E-state index contributed by atoms with van der Waals surface area (Å²) in [4.78, 5) is 0. The minimum absolute atomic E-state index is 0. The zero-order valence-electron chi connectivity index (χ0n) is 26.6. The van der Waals surface area contributed by atoms with E-state index < -0.39 is 14.3 Å². The van der Waals surface area contributed by atoms with Gasteiger partial charge in [0, 0.05) is 50.7 Å². The van der Waals surface area contributed by atoms with Crippen LogP contribution in [0.25, 0.3) is 0 Å². The number of rotatable bonds is 1. The van der Waals surface area contributed by atoms with E-state index in [0.717, 1.165) is 12.8 Å². The van der Waals surface area contributed by atoms with E-state index >= 15 is 0 Å². The Hall–Kier alpha value is 0.959. The monoisotopic (exact) mass is 776 g/mol. The molecule has 9 aliphatic rings. The van der Waals surface area contributed by atoms with Crippen LogP contribution in [0.15, 0.2) is 0 Å². The Bertz CT molecular complexity index is 1190. The van der Waals surface area contributed by atoms with E-state index in [0.29, 0.717) is 54.3 Å². The van der Waals surface area contributed by atoms with Gasteiger partial charge in [0.25, 0.3) is 0 Å². The van der Waals surface area contributed by atoms with Crippen molar-refractivity contribution in [1.29, 1.82) is 0 Å². The van der Waals surface area contributed by atoms with Crippen LogP contribution in [-0.2, 0) is 43.2 Å². The molecule has 0 amide bonds. The molecule has 8 bridgehead atoms. The van der Waals surface area contributed by atoms with Crippen LogP contribution in [0.1, 0.15) is 96.3 Å². The van der Waals surface area contributed by atoms with E-state index in [9.17, 15) is 8.42 Å². The smallest absolute Gasteiger partial charge is 0.235 e. The summed E-state index contributed by atoms with van der Waals surface area (Å²) in [6.07, 6.45) is 19.6. The molecule has 0 aromatic carbocycles. The van der Waals surface area contributed by atoms with Crippen LogP contribution in [-0.4, -0.2) is 63.0 Å². The zero-order chi connectivity index (χ0) is 29.6. The molecule has 270 valence electrons. The van der Waals surface area contributed by atoms with Gasteiger partial charge in [-0.3, -0.25) is 42.5 Å². The second-order valence-electron chi connectivity index (χ2n) is 16.2. The standard InChI is InChI=1S/C32H55ClN8O2S.2Cu/c33-44(42,43)23-15-7-14-22-24(23)32-40-30-21-13-6-5-12-20(21)28(38-30)36-26-17-9-2-1-8-16(17)25(34-26)35-27-18-10-3-4-11-19(18)29(37-27)39-31(22)41-32;;/h16-32,34-41H,1-15H2;;. The zero-order valence-corrected chi connectivity index (χ0v) is 30.1. The molecule has 9 rings (SSSR count). The average Bonchev–Trinajstić information content (AvgIpc) is 3.76. The van der Waals surface area contributed by atoms with Crippen LogP contribution < -0.4 is 42.5 Å². The summed E-state index contributed by atoms with van der Waals surface area (Å²) in [7, 11) is 2.54. The maximum atomic E-state index is 13.0. The molecular weight excluding hydrogens is 723 g/mol. The first-order chi connectivity index (χ1) is 21.4. The van der Waals surface area contributed by atoms with Gasteiger partial charge >= 0.3 is 0 Å². The average molecular weight is 778 g/mol.